The second kappa shape index (κ2) is 7.96. The highest BCUT2D eigenvalue weighted by Gasteiger charge is 2.28. The molecule has 0 radical (unpaired) electrons. The van der Waals surface area contributed by atoms with Gasteiger partial charge in [0.05, 0.1) is 13.7 Å². The molecule has 0 saturated carbocycles. The summed E-state index contributed by atoms with van der Waals surface area (Å²) in [6.45, 7) is 0.781. The molecule has 0 aliphatic rings. The van der Waals surface area contributed by atoms with E-state index in [2.05, 4.69) is 4.74 Å². The summed E-state index contributed by atoms with van der Waals surface area (Å²) < 4.78 is 44.8. The first-order chi connectivity index (χ1) is 9.46. The quantitative estimate of drug-likeness (QED) is 0.799. The summed E-state index contributed by atoms with van der Waals surface area (Å²) in [5.74, 6) is 0.694. The summed E-state index contributed by atoms with van der Waals surface area (Å²) in [5, 5.41) is 0. The molecule has 20 heavy (non-hydrogen) atoms. The molecule has 0 aliphatic heterocycles. The van der Waals surface area contributed by atoms with E-state index < -0.39 is 13.0 Å². The maximum absolute atomic E-state index is 12.0. The first-order valence-corrected chi connectivity index (χ1v) is 6.26. The Bertz CT molecular complexity index is 382. The molecule has 2 N–H and O–H groups in total. The van der Waals surface area contributed by atoms with Gasteiger partial charge in [0.2, 0.25) is 0 Å². The number of alkyl halides is 3. The molecule has 0 fully saturated rings. The number of ether oxygens (including phenoxy) is 2. The third kappa shape index (κ3) is 6.12. The number of methoxy groups -OCH3 is 1. The molecule has 1 aromatic rings. The van der Waals surface area contributed by atoms with Crippen molar-refractivity contribution >= 4 is 5.69 Å². The molecule has 114 valence electrons. The third-order valence-electron chi connectivity index (χ3n) is 2.70. The topological polar surface area (TPSA) is 47.7 Å². The van der Waals surface area contributed by atoms with Crippen LogP contribution in [0.4, 0.5) is 18.9 Å². The molecule has 0 saturated heterocycles. The van der Waals surface area contributed by atoms with Gasteiger partial charge >= 0.3 is 6.36 Å². The van der Waals surface area contributed by atoms with Gasteiger partial charge in [-0.1, -0.05) is 0 Å². The number of nitrogens with zero attached hydrogens (tertiary/aromatic N) is 1. The highest BCUT2D eigenvalue weighted by Crippen LogP contribution is 2.20. The summed E-state index contributed by atoms with van der Waals surface area (Å²) >= 11 is 0. The molecule has 0 aromatic heterocycles. The van der Waals surface area contributed by atoms with Crippen molar-refractivity contribution in [1.82, 2.24) is 0 Å². The van der Waals surface area contributed by atoms with Crippen molar-refractivity contribution in [3.63, 3.8) is 0 Å². The Hall–Kier alpha value is -1.47. The van der Waals surface area contributed by atoms with Gasteiger partial charge in [0.15, 0.2) is 0 Å². The van der Waals surface area contributed by atoms with Crippen LogP contribution in [0.2, 0.25) is 0 Å². The lowest BCUT2D eigenvalue weighted by atomic mass is 10.2. The summed E-state index contributed by atoms with van der Waals surface area (Å²) in [6.07, 6.45) is -3.91. The van der Waals surface area contributed by atoms with Gasteiger partial charge in [-0.2, -0.15) is 0 Å². The zero-order valence-corrected chi connectivity index (χ0v) is 11.3. The Balaban J connectivity index is 2.62. The van der Waals surface area contributed by atoms with Crippen molar-refractivity contribution in [3.05, 3.63) is 24.3 Å². The van der Waals surface area contributed by atoms with Crippen molar-refractivity contribution in [2.75, 3.05) is 38.3 Å². The fraction of sp³-hybridized carbons (Fsp3) is 0.538. The van der Waals surface area contributed by atoms with E-state index in [0.29, 0.717) is 25.3 Å². The highest BCUT2D eigenvalue weighted by atomic mass is 19.4. The van der Waals surface area contributed by atoms with Gasteiger partial charge in [0.1, 0.15) is 5.75 Å². The molecule has 0 atom stereocenters. The van der Waals surface area contributed by atoms with Crippen molar-refractivity contribution in [1.29, 1.82) is 0 Å². The van der Waals surface area contributed by atoms with Gasteiger partial charge in [-0.15, -0.1) is 13.2 Å². The molecule has 0 amide bonds. The van der Waals surface area contributed by atoms with E-state index in [1.807, 2.05) is 0 Å². The van der Waals surface area contributed by atoms with Crippen LogP contribution in [0.3, 0.4) is 0 Å². The Morgan fingerprint density at radius 2 is 1.80 bits per heavy atom. The summed E-state index contributed by atoms with van der Waals surface area (Å²) in [5.41, 5.74) is 6.25. The van der Waals surface area contributed by atoms with E-state index in [1.54, 1.807) is 36.3 Å². The smallest absolute Gasteiger partial charge is 0.497 e. The fourth-order valence-electron chi connectivity index (χ4n) is 1.72. The Morgan fingerprint density at radius 1 is 1.15 bits per heavy atom. The van der Waals surface area contributed by atoms with E-state index in [4.69, 9.17) is 10.5 Å². The molecule has 0 heterocycles. The average Bonchev–Trinajstić information content (AvgIpc) is 2.41. The van der Waals surface area contributed by atoms with E-state index in [1.165, 1.54) is 0 Å². The van der Waals surface area contributed by atoms with Gasteiger partial charge in [0, 0.05) is 18.8 Å². The first kappa shape index (κ1) is 16.6. The normalized spacial score (nSPS) is 11.4. The van der Waals surface area contributed by atoms with Crippen LogP contribution in [0, 0.1) is 0 Å². The minimum atomic E-state index is -4.60. The second-order valence-corrected chi connectivity index (χ2v) is 4.12. The molecule has 1 aromatic carbocycles. The Morgan fingerprint density at radius 3 is 2.30 bits per heavy atom. The van der Waals surface area contributed by atoms with Crippen molar-refractivity contribution in [2.45, 2.75) is 12.8 Å². The maximum Gasteiger partial charge on any atom is 0.522 e. The van der Waals surface area contributed by atoms with Gasteiger partial charge < -0.3 is 15.4 Å². The molecular formula is C13H19F3N2O2. The Kier molecular flexibility index (Phi) is 6.60. The van der Waals surface area contributed by atoms with Crippen molar-refractivity contribution < 1.29 is 22.6 Å². The first-order valence-electron chi connectivity index (χ1n) is 6.26. The van der Waals surface area contributed by atoms with E-state index in [0.717, 1.165) is 5.69 Å². The van der Waals surface area contributed by atoms with E-state index >= 15 is 0 Å². The standard InChI is InChI=1S/C13H19F3N2O2/c1-19-12-5-3-11(4-6-12)18(8-2-7-17)9-10-20-13(14,15)16/h3-6H,2,7-10,17H2,1H3. The van der Waals surface area contributed by atoms with Crippen LogP contribution < -0.4 is 15.4 Å². The molecule has 0 spiro atoms. The lowest BCUT2D eigenvalue weighted by Crippen LogP contribution is -2.31. The van der Waals surface area contributed by atoms with Gasteiger partial charge in [-0.25, -0.2) is 0 Å². The number of halogens is 3. The fourth-order valence-corrected chi connectivity index (χ4v) is 1.72. The highest BCUT2D eigenvalue weighted by molar-refractivity contribution is 5.49. The summed E-state index contributed by atoms with van der Waals surface area (Å²) in [4.78, 5) is 1.80. The average molecular weight is 292 g/mol. The molecular weight excluding hydrogens is 273 g/mol. The zero-order valence-electron chi connectivity index (χ0n) is 11.3. The van der Waals surface area contributed by atoms with E-state index in [-0.39, 0.29) is 6.54 Å². The summed E-state index contributed by atoms with van der Waals surface area (Å²) in [6, 6.07) is 7.11. The van der Waals surface area contributed by atoms with Crippen LogP contribution in [-0.2, 0) is 4.74 Å². The van der Waals surface area contributed by atoms with Crippen LogP contribution in [0.1, 0.15) is 6.42 Å². The van der Waals surface area contributed by atoms with Gasteiger partial charge in [-0.05, 0) is 37.2 Å². The van der Waals surface area contributed by atoms with Crippen LogP contribution in [0.25, 0.3) is 0 Å². The SMILES string of the molecule is COc1ccc(N(CCCN)CCOC(F)(F)F)cc1. The lowest BCUT2D eigenvalue weighted by molar-refractivity contribution is -0.323. The number of benzene rings is 1. The van der Waals surface area contributed by atoms with Crippen LogP contribution >= 0.6 is 0 Å². The van der Waals surface area contributed by atoms with Gasteiger partial charge in [0.25, 0.3) is 0 Å². The van der Waals surface area contributed by atoms with Crippen LogP contribution in [-0.4, -0.2) is 39.7 Å². The second-order valence-electron chi connectivity index (χ2n) is 4.12. The van der Waals surface area contributed by atoms with Crippen molar-refractivity contribution in [2.24, 2.45) is 5.73 Å². The number of hydrogen-bond acceptors (Lipinski definition) is 4. The predicted octanol–water partition coefficient (Wildman–Crippen LogP) is 2.39. The zero-order chi connectivity index (χ0) is 15.0. The maximum atomic E-state index is 12.0. The molecule has 4 nitrogen and oxygen atoms in total. The molecule has 1 rings (SSSR count). The minimum absolute atomic E-state index is 0.145. The number of anilines is 1. The summed E-state index contributed by atoms with van der Waals surface area (Å²) in [7, 11) is 1.55. The minimum Gasteiger partial charge on any atom is -0.497 e. The van der Waals surface area contributed by atoms with Gasteiger partial charge in [-0.3, -0.25) is 4.74 Å². The lowest BCUT2D eigenvalue weighted by Gasteiger charge is -2.25. The molecule has 0 aliphatic carbocycles. The largest absolute Gasteiger partial charge is 0.522 e. The van der Waals surface area contributed by atoms with E-state index in [9.17, 15) is 13.2 Å². The Labute approximate surface area is 116 Å². The monoisotopic (exact) mass is 292 g/mol. The number of nitrogens with two attached hydrogens (primary N) is 1. The molecule has 0 bridgehead atoms. The van der Waals surface area contributed by atoms with Crippen molar-refractivity contribution in [3.8, 4) is 5.75 Å². The third-order valence-corrected chi connectivity index (χ3v) is 2.70. The number of hydrogen-bond donors (Lipinski definition) is 1. The van der Waals surface area contributed by atoms with Crippen LogP contribution in [0.15, 0.2) is 24.3 Å². The predicted molar refractivity (Wildman–Crippen MR) is 70.9 cm³/mol. The molecule has 7 heteroatoms. The molecule has 0 unspecified atom stereocenters. The van der Waals surface area contributed by atoms with Crippen LogP contribution in [0.5, 0.6) is 5.75 Å². The number of rotatable bonds is 8.